The Bertz CT molecular complexity index is 1430. The Morgan fingerprint density at radius 2 is 1.39 bits per heavy atom. The monoisotopic (exact) mass is 401 g/mol. The van der Waals surface area contributed by atoms with Crippen molar-refractivity contribution in [2.45, 2.75) is 19.3 Å². The highest BCUT2D eigenvalue weighted by Crippen LogP contribution is 2.55. The van der Waals surface area contributed by atoms with Crippen LogP contribution in [0.2, 0.25) is 0 Å². The van der Waals surface area contributed by atoms with E-state index in [1.165, 1.54) is 22.3 Å². The third kappa shape index (κ3) is 2.59. The molecule has 6 rings (SSSR count). The fraction of sp³-hybridized carbons (Fsp3) is 0.107. The van der Waals surface area contributed by atoms with E-state index in [0.717, 1.165) is 22.6 Å². The van der Waals surface area contributed by atoms with Crippen LogP contribution in [-0.4, -0.2) is 0 Å². The Morgan fingerprint density at radius 3 is 2.26 bits per heavy atom. The van der Waals surface area contributed by atoms with Gasteiger partial charge in [0.15, 0.2) is 23.0 Å². The topological polar surface area (TPSA) is 42.2 Å². The minimum Gasteiger partial charge on any atom is -0.450 e. The molecule has 1 aliphatic heterocycles. The third-order valence-corrected chi connectivity index (χ3v) is 6.36. The third-order valence-electron chi connectivity index (χ3n) is 6.36. The molecule has 0 spiro atoms. The summed E-state index contributed by atoms with van der Waals surface area (Å²) in [6.07, 6.45) is 0. The molecule has 3 nitrogen and oxygen atoms in total. The highest BCUT2D eigenvalue weighted by molar-refractivity contribution is 5.83. The van der Waals surface area contributed by atoms with Gasteiger partial charge < -0.3 is 9.47 Å². The zero-order chi connectivity index (χ0) is 21.2. The van der Waals surface area contributed by atoms with Crippen LogP contribution in [0.5, 0.6) is 23.0 Å². The van der Waals surface area contributed by atoms with Crippen molar-refractivity contribution in [2.24, 2.45) is 0 Å². The zero-order valence-corrected chi connectivity index (χ0v) is 17.3. The molecule has 0 amide bonds. The van der Waals surface area contributed by atoms with Crippen LogP contribution in [0.3, 0.4) is 0 Å². The number of nitrogens with zero attached hydrogens (tertiary/aromatic N) is 1. The van der Waals surface area contributed by atoms with Gasteiger partial charge in [0.2, 0.25) is 0 Å². The second-order valence-electron chi connectivity index (χ2n) is 8.57. The van der Waals surface area contributed by atoms with E-state index in [0.29, 0.717) is 17.1 Å². The van der Waals surface area contributed by atoms with Gasteiger partial charge in [-0.05, 0) is 69.8 Å². The summed E-state index contributed by atoms with van der Waals surface area (Å²) >= 11 is 0. The van der Waals surface area contributed by atoms with Gasteiger partial charge in [-0.2, -0.15) is 5.26 Å². The maximum Gasteiger partial charge on any atom is 0.170 e. The van der Waals surface area contributed by atoms with Crippen LogP contribution >= 0.6 is 0 Å². The van der Waals surface area contributed by atoms with Gasteiger partial charge in [0.05, 0.1) is 11.6 Å². The molecule has 0 unspecified atom stereocenters. The van der Waals surface area contributed by atoms with Gasteiger partial charge in [0.1, 0.15) is 0 Å². The summed E-state index contributed by atoms with van der Waals surface area (Å²) < 4.78 is 12.6. The molecule has 1 aliphatic carbocycles. The minimum absolute atomic E-state index is 0.0831. The average Bonchev–Trinajstić information content (AvgIpc) is 3.02. The second-order valence-corrected chi connectivity index (χ2v) is 8.57. The average molecular weight is 401 g/mol. The Kier molecular flexibility index (Phi) is 3.58. The van der Waals surface area contributed by atoms with Gasteiger partial charge in [-0.25, -0.2) is 0 Å². The fourth-order valence-electron chi connectivity index (χ4n) is 4.72. The van der Waals surface area contributed by atoms with Crippen molar-refractivity contribution in [1.82, 2.24) is 0 Å². The van der Waals surface area contributed by atoms with Gasteiger partial charge in [-0.3, -0.25) is 0 Å². The summed E-state index contributed by atoms with van der Waals surface area (Å²) in [7, 11) is 0. The summed E-state index contributed by atoms with van der Waals surface area (Å²) in [5.41, 5.74) is 7.53. The van der Waals surface area contributed by atoms with Crippen LogP contribution in [0, 0.1) is 11.3 Å². The van der Waals surface area contributed by atoms with Crippen molar-refractivity contribution >= 4 is 0 Å². The molecule has 4 aromatic carbocycles. The molecular formula is C28H19NO2. The van der Waals surface area contributed by atoms with Gasteiger partial charge in [-0.1, -0.05) is 56.3 Å². The molecule has 3 heteroatoms. The van der Waals surface area contributed by atoms with Crippen molar-refractivity contribution in [3.8, 4) is 51.3 Å². The number of benzene rings is 4. The Hall–Kier alpha value is -4.03. The first kappa shape index (κ1) is 17.8. The predicted octanol–water partition coefficient (Wildman–Crippen LogP) is 7.43. The quantitative estimate of drug-likeness (QED) is 0.293. The molecule has 0 radical (unpaired) electrons. The maximum atomic E-state index is 9.20. The summed E-state index contributed by atoms with van der Waals surface area (Å²) in [6, 6.07) is 28.4. The number of ether oxygens (including phenoxy) is 2. The number of nitriles is 1. The maximum absolute atomic E-state index is 9.20. The molecule has 148 valence electrons. The lowest BCUT2D eigenvalue weighted by Crippen LogP contribution is -2.15. The molecule has 0 aromatic heterocycles. The number of fused-ring (bicyclic) bond motifs is 5. The van der Waals surface area contributed by atoms with Crippen molar-refractivity contribution in [2.75, 3.05) is 0 Å². The van der Waals surface area contributed by atoms with Crippen LogP contribution in [0.4, 0.5) is 0 Å². The predicted molar refractivity (Wildman–Crippen MR) is 121 cm³/mol. The van der Waals surface area contributed by atoms with E-state index in [9.17, 15) is 5.26 Å². The van der Waals surface area contributed by atoms with Crippen molar-refractivity contribution in [1.29, 1.82) is 5.26 Å². The molecule has 2 aliphatic rings. The molecule has 4 aromatic rings. The lowest BCUT2D eigenvalue weighted by Gasteiger charge is -2.25. The zero-order valence-electron chi connectivity index (χ0n) is 17.3. The fourth-order valence-corrected chi connectivity index (χ4v) is 4.72. The van der Waals surface area contributed by atoms with Crippen molar-refractivity contribution < 1.29 is 9.47 Å². The largest absolute Gasteiger partial charge is 0.450 e. The number of rotatable bonds is 1. The molecule has 0 bridgehead atoms. The minimum atomic E-state index is -0.0831. The highest BCUT2D eigenvalue weighted by Gasteiger charge is 2.37. The second kappa shape index (κ2) is 6.23. The van der Waals surface area contributed by atoms with E-state index in [1.54, 1.807) is 6.07 Å². The first-order chi connectivity index (χ1) is 15.0. The Morgan fingerprint density at radius 1 is 0.645 bits per heavy atom. The van der Waals surface area contributed by atoms with E-state index in [2.05, 4.69) is 56.3 Å². The number of hydrogen-bond acceptors (Lipinski definition) is 3. The van der Waals surface area contributed by atoms with Crippen LogP contribution in [0.25, 0.3) is 22.3 Å². The van der Waals surface area contributed by atoms with Crippen LogP contribution < -0.4 is 9.47 Å². The Labute approximate surface area is 181 Å². The summed E-state index contributed by atoms with van der Waals surface area (Å²) in [4.78, 5) is 0. The molecule has 1 heterocycles. The van der Waals surface area contributed by atoms with Crippen LogP contribution in [0.15, 0.2) is 78.9 Å². The standard InChI is InChI=1S/C28H19NO2/c1-28(2)22-9-4-3-8-20(22)21-14-26-27(15-23(21)28)30-24-11-10-19(13-25(24)31-26)18-7-5-6-17(12-18)16-29/h3-15H,1-2H3. The van der Waals surface area contributed by atoms with Crippen molar-refractivity contribution in [3.05, 3.63) is 95.6 Å². The van der Waals surface area contributed by atoms with Gasteiger partial charge in [-0.15, -0.1) is 0 Å². The van der Waals surface area contributed by atoms with Gasteiger partial charge in [0.25, 0.3) is 0 Å². The summed E-state index contributed by atoms with van der Waals surface area (Å²) in [5, 5.41) is 9.20. The molecule has 0 fully saturated rings. The first-order valence-electron chi connectivity index (χ1n) is 10.3. The highest BCUT2D eigenvalue weighted by atomic mass is 16.6. The van der Waals surface area contributed by atoms with Gasteiger partial charge in [0, 0.05) is 5.41 Å². The molecular weight excluding hydrogens is 382 g/mol. The van der Waals surface area contributed by atoms with Gasteiger partial charge >= 0.3 is 0 Å². The van der Waals surface area contributed by atoms with Crippen molar-refractivity contribution in [3.63, 3.8) is 0 Å². The Balaban J connectivity index is 1.44. The molecule has 0 N–H and O–H groups in total. The summed E-state index contributed by atoms with van der Waals surface area (Å²) in [6.45, 7) is 4.51. The lowest BCUT2D eigenvalue weighted by molar-refractivity contribution is 0.359. The summed E-state index contributed by atoms with van der Waals surface area (Å²) in [5.74, 6) is 2.84. The van der Waals surface area contributed by atoms with E-state index in [-0.39, 0.29) is 5.41 Å². The first-order valence-corrected chi connectivity index (χ1v) is 10.3. The van der Waals surface area contributed by atoms with Crippen LogP contribution in [-0.2, 0) is 5.41 Å². The lowest BCUT2D eigenvalue weighted by atomic mass is 9.82. The van der Waals surface area contributed by atoms with Crippen LogP contribution in [0.1, 0.15) is 30.5 Å². The van der Waals surface area contributed by atoms with E-state index in [1.807, 2.05) is 36.4 Å². The van der Waals surface area contributed by atoms with E-state index < -0.39 is 0 Å². The molecule has 0 saturated carbocycles. The SMILES string of the molecule is CC1(C)c2ccccc2-c2cc3c(cc21)Oc1ccc(-c2cccc(C#N)c2)cc1O3. The number of hydrogen-bond donors (Lipinski definition) is 0. The molecule has 0 atom stereocenters. The van der Waals surface area contributed by atoms with E-state index >= 15 is 0 Å². The smallest absolute Gasteiger partial charge is 0.170 e. The molecule has 31 heavy (non-hydrogen) atoms. The normalized spacial score (nSPS) is 14.2. The van der Waals surface area contributed by atoms with E-state index in [4.69, 9.17) is 9.47 Å². The molecule has 0 saturated heterocycles.